The third kappa shape index (κ3) is 3.03. The van der Waals surface area contributed by atoms with Crippen molar-refractivity contribution in [3.8, 4) is 0 Å². The Labute approximate surface area is 148 Å². The van der Waals surface area contributed by atoms with Gasteiger partial charge < -0.3 is 15.3 Å². The number of hydrogen-bond acceptors (Lipinski definition) is 5. The second kappa shape index (κ2) is 6.58. The molecular formula is C17H17N3O6. The number of carbonyl (C=O) groups excluding carboxylic acids is 4. The molecule has 136 valence electrons. The van der Waals surface area contributed by atoms with Gasteiger partial charge in [-0.1, -0.05) is 6.07 Å². The number of benzene rings is 1. The molecule has 9 heteroatoms. The highest BCUT2D eigenvalue weighted by Gasteiger charge is 2.40. The first kappa shape index (κ1) is 17.6. The quantitative estimate of drug-likeness (QED) is 0.630. The fourth-order valence-electron chi connectivity index (χ4n) is 3.13. The molecule has 0 aromatic heterocycles. The number of amides is 4. The molecule has 9 nitrogen and oxygen atoms in total. The van der Waals surface area contributed by atoms with E-state index in [0.717, 1.165) is 0 Å². The number of carboxylic acids is 1. The Hall–Kier alpha value is -3.23. The first-order valence-corrected chi connectivity index (χ1v) is 8.10. The van der Waals surface area contributed by atoms with Crippen molar-refractivity contribution in [3.63, 3.8) is 0 Å². The highest BCUT2D eigenvalue weighted by Crippen LogP contribution is 2.29. The van der Waals surface area contributed by atoms with E-state index in [-0.39, 0.29) is 30.9 Å². The first-order chi connectivity index (χ1) is 12.3. The number of carboxylic acid groups (broad SMARTS) is 1. The number of carbonyl (C=O) groups is 5. The molecule has 1 unspecified atom stereocenters. The van der Waals surface area contributed by atoms with E-state index in [2.05, 4.69) is 10.6 Å². The summed E-state index contributed by atoms with van der Waals surface area (Å²) in [5.41, 5.74) is 0.932. The zero-order chi connectivity index (χ0) is 19.0. The van der Waals surface area contributed by atoms with Gasteiger partial charge in [0.25, 0.3) is 11.8 Å². The molecule has 2 aliphatic heterocycles. The van der Waals surface area contributed by atoms with Crippen LogP contribution < -0.4 is 10.6 Å². The first-order valence-electron chi connectivity index (χ1n) is 8.10. The number of hydrogen-bond donors (Lipinski definition) is 3. The molecule has 2 heterocycles. The van der Waals surface area contributed by atoms with Gasteiger partial charge in [0.05, 0.1) is 0 Å². The van der Waals surface area contributed by atoms with Crippen LogP contribution in [0.3, 0.4) is 0 Å². The van der Waals surface area contributed by atoms with Crippen molar-refractivity contribution in [2.45, 2.75) is 38.4 Å². The van der Waals surface area contributed by atoms with Crippen molar-refractivity contribution in [1.29, 1.82) is 0 Å². The number of nitrogens with one attached hydrogen (secondary N) is 2. The number of fused-ring (bicyclic) bond motifs is 1. The average Bonchev–Trinajstić information content (AvgIpc) is 2.91. The summed E-state index contributed by atoms with van der Waals surface area (Å²) in [5.74, 6) is -3.08. The Kier molecular flexibility index (Phi) is 4.45. The molecule has 2 aliphatic rings. The zero-order valence-electron chi connectivity index (χ0n) is 13.9. The highest BCUT2D eigenvalue weighted by molar-refractivity contribution is 6.08. The summed E-state index contributed by atoms with van der Waals surface area (Å²) in [5, 5.41) is 13.5. The molecule has 0 aliphatic carbocycles. The Morgan fingerprint density at radius 2 is 2.04 bits per heavy atom. The molecule has 1 saturated heterocycles. The lowest BCUT2D eigenvalue weighted by atomic mass is 10.0. The molecule has 0 spiro atoms. The fourth-order valence-corrected chi connectivity index (χ4v) is 3.13. The van der Waals surface area contributed by atoms with Gasteiger partial charge in [0.15, 0.2) is 0 Å². The molecule has 0 bridgehead atoms. The van der Waals surface area contributed by atoms with Crippen molar-refractivity contribution in [3.05, 3.63) is 34.9 Å². The molecule has 4 amide bonds. The smallest absolute Gasteiger partial charge is 0.325 e. The van der Waals surface area contributed by atoms with Crippen LogP contribution in [0.5, 0.6) is 0 Å². The van der Waals surface area contributed by atoms with Gasteiger partial charge in [-0.05, 0) is 31.0 Å². The predicted molar refractivity (Wildman–Crippen MR) is 87.1 cm³/mol. The molecule has 0 saturated carbocycles. The number of imide groups is 1. The fraction of sp³-hybridized carbons (Fsp3) is 0.353. The van der Waals surface area contributed by atoms with E-state index in [1.54, 1.807) is 6.07 Å². The van der Waals surface area contributed by atoms with Crippen molar-refractivity contribution in [2.24, 2.45) is 0 Å². The maximum absolute atomic E-state index is 12.7. The van der Waals surface area contributed by atoms with Gasteiger partial charge >= 0.3 is 5.97 Å². The Morgan fingerprint density at radius 1 is 1.31 bits per heavy atom. The van der Waals surface area contributed by atoms with Crippen LogP contribution in [-0.2, 0) is 20.9 Å². The molecule has 0 radical (unpaired) electrons. The maximum Gasteiger partial charge on any atom is 0.325 e. The lowest BCUT2D eigenvalue weighted by Gasteiger charge is -2.29. The number of aliphatic carboxylic acids is 1. The molecule has 3 rings (SSSR count). The molecule has 1 fully saturated rings. The Bertz CT molecular complexity index is 834. The molecule has 2 atom stereocenters. The summed E-state index contributed by atoms with van der Waals surface area (Å²) in [7, 11) is 0. The summed E-state index contributed by atoms with van der Waals surface area (Å²) in [6, 6.07) is 2.74. The van der Waals surface area contributed by atoms with E-state index >= 15 is 0 Å². The minimum Gasteiger partial charge on any atom is -0.480 e. The zero-order valence-corrected chi connectivity index (χ0v) is 13.9. The van der Waals surface area contributed by atoms with Crippen LogP contribution in [0.15, 0.2) is 18.2 Å². The largest absolute Gasteiger partial charge is 0.480 e. The maximum atomic E-state index is 12.7. The monoisotopic (exact) mass is 359 g/mol. The Balaban J connectivity index is 1.86. The Morgan fingerprint density at radius 3 is 2.69 bits per heavy atom. The van der Waals surface area contributed by atoms with Gasteiger partial charge in [-0.3, -0.25) is 29.3 Å². The van der Waals surface area contributed by atoms with Crippen LogP contribution >= 0.6 is 0 Å². The number of rotatable bonds is 4. The normalized spacial score (nSPS) is 20.4. The molecular weight excluding hydrogens is 342 g/mol. The van der Waals surface area contributed by atoms with Gasteiger partial charge in [0.1, 0.15) is 12.1 Å². The summed E-state index contributed by atoms with van der Waals surface area (Å²) in [6.45, 7) is 1.38. The third-order valence-electron chi connectivity index (χ3n) is 4.54. The topological polar surface area (TPSA) is 133 Å². The van der Waals surface area contributed by atoms with E-state index in [9.17, 15) is 24.0 Å². The van der Waals surface area contributed by atoms with Crippen molar-refractivity contribution in [2.75, 3.05) is 0 Å². The van der Waals surface area contributed by atoms with E-state index in [0.29, 0.717) is 11.1 Å². The van der Waals surface area contributed by atoms with Crippen molar-refractivity contribution >= 4 is 29.6 Å². The van der Waals surface area contributed by atoms with E-state index in [1.165, 1.54) is 24.0 Å². The third-order valence-corrected chi connectivity index (χ3v) is 4.54. The van der Waals surface area contributed by atoms with Gasteiger partial charge in [-0.25, -0.2) is 0 Å². The van der Waals surface area contributed by atoms with Crippen LogP contribution in [0.1, 0.15) is 46.0 Å². The molecule has 1 aromatic carbocycles. The second-order valence-corrected chi connectivity index (χ2v) is 6.27. The van der Waals surface area contributed by atoms with E-state index < -0.39 is 35.8 Å². The highest BCUT2D eigenvalue weighted by atomic mass is 16.4. The summed E-state index contributed by atoms with van der Waals surface area (Å²) < 4.78 is 0. The predicted octanol–water partition coefficient (Wildman–Crippen LogP) is -0.349. The van der Waals surface area contributed by atoms with Gasteiger partial charge in [-0.15, -0.1) is 0 Å². The average molecular weight is 359 g/mol. The molecule has 26 heavy (non-hydrogen) atoms. The SMILES string of the molecule is C[C@H](NC(=O)c1cccc2c1CN(C1CCC(=O)NC1=O)C2=O)C(=O)O. The van der Waals surface area contributed by atoms with E-state index in [4.69, 9.17) is 5.11 Å². The lowest BCUT2D eigenvalue weighted by Crippen LogP contribution is -2.52. The standard InChI is InChI=1S/C17H17N3O6/c1-8(17(25)26)18-14(22)9-3-2-4-10-11(9)7-20(16(10)24)12-5-6-13(21)19-15(12)23/h2-4,8,12H,5-7H2,1H3,(H,18,22)(H,25,26)(H,19,21,23)/t8-,12?/m0/s1. The minimum absolute atomic E-state index is 0.0471. The van der Waals surface area contributed by atoms with Crippen LogP contribution in [0.4, 0.5) is 0 Å². The molecule has 1 aromatic rings. The van der Waals surface area contributed by atoms with Crippen LogP contribution in [0.25, 0.3) is 0 Å². The van der Waals surface area contributed by atoms with Crippen LogP contribution in [-0.4, -0.2) is 51.7 Å². The van der Waals surface area contributed by atoms with Gasteiger partial charge in [-0.2, -0.15) is 0 Å². The lowest BCUT2D eigenvalue weighted by molar-refractivity contribution is -0.139. The van der Waals surface area contributed by atoms with Crippen LogP contribution in [0, 0.1) is 0 Å². The van der Waals surface area contributed by atoms with E-state index in [1.807, 2.05) is 0 Å². The van der Waals surface area contributed by atoms with Gasteiger partial charge in [0, 0.05) is 24.1 Å². The number of nitrogens with zero attached hydrogens (tertiary/aromatic N) is 1. The second-order valence-electron chi connectivity index (χ2n) is 6.27. The minimum atomic E-state index is -1.17. The van der Waals surface area contributed by atoms with Crippen molar-refractivity contribution in [1.82, 2.24) is 15.5 Å². The summed E-state index contributed by atoms with van der Waals surface area (Å²) in [6.07, 6.45) is 0.363. The summed E-state index contributed by atoms with van der Waals surface area (Å²) in [4.78, 5) is 60.7. The number of piperidine rings is 1. The van der Waals surface area contributed by atoms with Crippen molar-refractivity contribution < 1.29 is 29.1 Å². The summed E-state index contributed by atoms with van der Waals surface area (Å²) >= 11 is 0. The molecule has 3 N–H and O–H groups in total. The van der Waals surface area contributed by atoms with Crippen LogP contribution in [0.2, 0.25) is 0 Å². The van der Waals surface area contributed by atoms with Gasteiger partial charge in [0.2, 0.25) is 11.8 Å².